The quantitative estimate of drug-likeness (QED) is 0.123. The van der Waals surface area contributed by atoms with Crippen molar-refractivity contribution in [2.45, 2.75) is 109 Å². The maximum absolute atomic E-state index is 6.16. The summed E-state index contributed by atoms with van der Waals surface area (Å²) in [6.45, 7) is 8.44. The van der Waals surface area contributed by atoms with E-state index < -0.39 is 5.97 Å². The third kappa shape index (κ3) is 8.41. The van der Waals surface area contributed by atoms with Gasteiger partial charge in [0, 0.05) is 18.3 Å². The van der Waals surface area contributed by atoms with Crippen molar-refractivity contribution >= 4 is 12.2 Å². The number of allylic oxidation sites excluding steroid dienone is 2. The Morgan fingerprint density at radius 2 is 1.20 bits per heavy atom. The van der Waals surface area contributed by atoms with E-state index in [9.17, 15) is 0 Å². The number of hydrogen-bond acceptors (Lipinski definition) is 3. The van der Waals surface area contributed by atoms with E-state index in [0.717, 1.165) is 32.1 Å². The summed E-state index contributed by atoms with van der Waals surface area (Å²) in [5.41, 5.74) is 5.83. The van der Waals surface area contributed by atoms with Crippen LogP contribution in [-0.4, -0.2) is 25.8 Å². The molecule has 4 rings (SSSR count). The predicted octanol–water partition coefficient (Wildman–Crippen LogP) is 10.3. The molecular weight excluding hydrogens is 492 g/mol. The predicted molar refractivity (Wildman–Crippen MR) is 168 cm³/mol. The lowest BCUT2D eigenvalue weighted by molar-refractivity contribution is -0.383. The third-order valence-corrected chi connectivity index (χ3v) is 8.44. The molecule has 0 fully saturated rings. The van der Waals surface area contributed by atoms with E-state index in [1.807, 2.05) is 0 Å². The second kappa shape index (κ2) is 16.3. The maximum Gasteiger partial charge on any atom is 0.282 e. The van der Waals surface area contributed by atoms with Gasteiger partial charge in [0.05, 0.1) is 19.8 Å². The first-order valence-electron chi connectivity index (χ1n) is 16.2. The normalized spacial score (nSPS) is 18.3. The zero-order valence-electron chi connectivity index (χ0n) is 25.3. The molecule has 0 amide bonds. The molecule has 40 heavy (non-hydrogen) atoms. The second-order valence-corrected chi connectivity index (χ2v) is 11.6. The number of ether oxygens (including phenoxy) is 3. The van der Waals surface area contributed by atoms with Crippen molar-refractivity contribution in [1.82, 2.24) is 0 Å². The van der Waals surface area contributed by atoms with Crippen molar-refractivity contribution in [2.75, 3.05) is 19.8 Å². The summed E-state index contributed by atoms with van der Waals surface area (Å²) in [5.74, 6) is 0.853. The molecule has 0 N–H and O–H groups in total. The Labute approximate surface area is 244 Å². The lowest BCUT2D eigenvalue weighted by atomic mass is 9.77. The van der Waals surface area contributed by atoms with Gasteiger partial charge in [-0.25, -0.2) is 0 Å². The molecule has 2 aromatic rings. The van der Waals surface area contributed by atoms with Crippen LogP contribution in [0.15, 0.2) is 60.7 Å². The molecule has 2 aliphatic rings. The highest BCUT2D eigenvalue weighted by atomic mass is 16.9. The number of fused-ring (bicyclic) bond motifs is 2. The van der Waals surface area contributed by atoms with Gasteiger partial charge in [-0.3, -0.25) is 0 Å². The summed E-state index contributed by atoms with van der Waals surface area (Å²) in [6.07, 6.45) is 21.9. The highest BCUT2D eigenvalue weighted by molar-refractivity contribution is 5.64. The Bertz CT molecular complexity index is 1050. The number of benzene rings is 2. The topological polar surface area (TPSA) is 27.7 Å². The molecule has 0 radical (unpaired) electrons. The summed E-state index contributed by atoms with van der Waals surface area (Å²) in [6, 6.07) is 17.9. The van der Waals surface area contributed by atoms with Gasteiger partial charge >= 0.3 is 0 Å². The second-order valence-electron chi connectivity index (χ2n) is 11.6. The van der Waals surface area contributed by atoms with Crippen LogP contribution in [0.2, 0.25) is 0 Å². The largest absolute Gasteiger partial charge is 0.327 e. The number of rotatable bonds is 20. The molecule has 2 aromatic carbocycles. The smallest absolute Gasteiger partial charge is 0.282 e. The lowest BCUT2D eigenvalue weighted by Gasteiger charge is -2.33. The van der Waals surface area contributed by atoms with Crippen LogP contribution >= 0.6 is 0 Å². The molecule has 2 aliphatic carbocycles. The van der Waals surface area contributed by atoms with Gasteiger partial charge in [-0.15, -0.1) is 0 Å². The van der Waals surface area contributed by atoms with Crippen LogP contribution in [0.5, 0.6) is 0 Å². The van der Waals surface area contributed by atoms with Crippen LogP contribution < -0.4 is 0 Å². The van der Waals surface area contributed by atoms with E-state index in [1.165, 1.54) is 60.8 Å². The molecule has 3 unspecified atom stereocenters. The van der Waals surface area contributed by atoms with Crippen LogP contribution in [0.4, 0.5) is 0 Å². The van der Waals surface area contributed by atoms with Crippen molar-refractivity contribution in [3.63, 3.8) is 0 Å². The third-order valence-electron chi connectivity index (χ3n) is 8.44. The Balaban J connectivity index is 1.29. The Kier molecular flexibility index (Phi) is 12.5. The lowest BCUT2D eigenvalue weighted by Crippen LogP contribution is -2.40. The molecule has 0 bridgehead atoms. The first-order valence-corrected chi connectivity index (χ1v) is 16.2. The maximum atomic E-state index is 6.16. The van der Waals surface area contributed by atoms with E-state index in [0.29, 0.717) is 37.6 Å². The molecule has 0 saturated heterocycles. The molecule has 0 spiro atoms. The molecule has 0 heterocycles. The molecule has 3 nitrogen and oxygen atoms in total. The van der Waals surface area contributed by atoms with Crippen molar-refractivity contribution in [3.8, 4) is 0 Å². The fourth-order valence-electron chi connectivity index (χ4n) is 6.38. The summed E-state index contributed by atoms with van der Waals surface area (Å²) >= 11 is 0. The van der Waals surface area contributed by atoms with Crippen LogP contribution in [0.3, 0.4) is 0 Å². The van der Waals surface area contributed by atoms with Crippen molar-refractivity contribution in [3.05, 3.63) is 82.9 Å². The van der Waals surface area contributed by atoms with Gasteiger partial charge in [0.2, 0.25) is 0 Å². The summed E-state index contributed by atoms with van der Waals surface area (Å²) in [7, 11) is 0. The molecule has 3 heteroatoms. The number of unbranched alkanes of at least 4 members (excludes halogenated alkanes) is 4. The van der Waals surface area contributed by atoms with Gasteiger partial charge in [0.1, 0.15) is 0 Å². The first-order chi connectivity index (χ1) is 19.7. The molecular formula is C37H52O3. The Morgan fingerprint density at radius 1 is 0.650 bits per heavy atom. The SMILES string of the molecule is CCCOC(CCCCCCCC(CC1C=Cc2ccccc21)C1C=Cc2ccccc21)(OCCC)OCCC. The fourth-order valence-corrected chi connectivity index (χ4v) is 6.38. The van der Waals surface area contributed by atoms with Crippen LogP contribution in [0, 0.1) is 5.92 Å². The van der Waals surface area contributed by atoms with Crippen LogP contribution in [0.1, 0.15) is 125 Å². The highest BCUT2D eigenvalue weighted by Crippen LogP contribution is 2.44. The van der Waals surface area contributed by atoms with Crippen molar-refractivity contribution < 1.29 is 14.2 Å². The summed E-state index contributed by atoms with van der Waals surface area (Å²) in [5, 5.41) is 0. The van der Waals surface area contributed by atoms with Crippen LogP contribution in [0.25, 0.3) is 12.2 Å². The van der Waals surface area contributed by atoms with Gasteiger partial charge in [-0.1, -0.05) is 119 Å². The Hall–Kier alpha value is -2.20. The molecule has 0 aliphatic heterocycles. The number of hydrogen-bond donors (Lipinski definition) is 0. The minimum absolute atomic E-state index is 0.528. The van der Waals surface area contributed by atoms with Crippen molar-refractivity contribution in [2.24, 2.45) is 5.92 Å². The minimum atomic E-state index is -0.861. The van der Waals surface area contributed by atoms with Crippen LogP contribution in [-0.2, 0) is 14.2 Å². The van der Waals surface area contributed by atoms with E-state index in [1.54, 1.807) is 0 Å². The van der Waals surface area contributed by atoms with E-state index >= 15 is 0 Å². The van der Waals surface area contributed by atoms with Gasteiger partial charge in [0.15, 0.2) is 0 Å². The average Bonchev–Trinajstić information content (AvgIpc) is 3.61. The van der Waals surface area contributed by atoms with Gasteiger partial charge in [0.25, 0.3) is 5.97 Å². The fraction of sp³-hybridized carbons (Fsp3) is 0.568. The minimum Gasteiger partial charge on any atom is -0.327 e. The van der Waals surface area contributed by atoms with E-state index in [4.69, 9.17) is 14.2 Å². The molecule has 0 saturated carbocycles. The summed E-state index contributed by atoms with van der Waals surface area (Å²) < 4.78 is 18.5. The molecule has 0 aromatic heterocycles. The first kappa shape index (κ1) is 30.8. The molecule has 218 valence electrons. The Morgan fingerprint density at radius 3 is 1.88 bits per heavy atom. The van der Waals surface area contributed by atoms with Crippen molar-refractivity contribution in [1.29, 1.82) is 0 Å². The van der Waals surface area contributed by atoms with E-state index in [2.05, 4.69) is 93.6 Å². The highest BCUT2D eigenvalue weighted by Gasteiger charge is 2.33. The van der Waals surface area contributed by atoms with Gasteiger partial charge < -0.3 is 14.2 Å². The zero-order chi connectivity index (χ0) is 28.0. The van der Waals surface area contributed by atoms with E-state index in [-0.39, 0.29) is 0 Å². The summed E-state index contributed by atoms with van der Waals surface area (Å²) in [4.78, 5) is 0. The zero-order valence-corrected chi connectivity index (χ0v) is 25.3. The molecule has 3 atom stereocenters. The monoisotopic (exact) mass is 544 g/mol. The van der Waals surface area contributed by atoms with Gasteiger partial charge in [-0.2, -0.15) is 0 Å². The standard InChI is InChI=1S/C37H52O3/c1-4-26-38-37(39-27-5-2,40-28-6-3)25-15-9-7-8-10-18-32(36-24-23-31-17-12-14-20-35(31)36)29-33-22-21-30-16-11-13-19-34(30)33/h11-14,16-17,19-24,32-33,36H,4-10,15,18,25-29H2,1-3H3. The van der Waals surface area contributed by atoms with Gasteiger partial charge in [-0.05, 0) is 66.7 Å². The average molecular weight is 545 g/mol.